The zero-order valence-corrected chi connectivity index (χ0v) is 11.6. The molecule has 0 atom stereocenters. The maximum Gasteiger partial charge on any atom is 0.337 e. The summed E-state index contributed by atoms with van der Waals surface area (Å²) in [6.07, 6.45) is 3.13. The second kappa shape index (κ2) is 5.20. The molecule has 1 aromatic carbocycles. The molecule has 1 heterocycles. The van der Waals surface area contributed by atoms with Crippen LogP contribution in [0.3, 0.4) is 0 Å². The first-order chi connectivity index (χ1) is 10.1. The summed E-state index contributed by atoms with van der Waals surface area (Å²) in [5.74, 6) is 0.0548. The highest BCUT2D eigenvalue weighted by Gasteiger charge is 2.30. The van der Waals surface area contributed by atoms with Gasteiger partial charge < -0.3 is 15.4 Å². The summed E-state index contributed by atoms with van der Waals surface area (Å²) in [4.78, 5) is 26.8. The minimum Gasteiger partial charge on any atom is -0.478 e. The standard InChI is InChI=1S/C15H17N3O3/c16-12(19)5-2-8-18-11-4-1-3-10(15(20)21)13(11)17-14(18)9-6-7-9/h1,3-4,9H,2,5-8H2,(H2,16,19)(H,20,21). The van der Waals surface area contributed by atoms with E-state index >= 15 is 0 Å². The number of aryl methyl sites for hydroxylation is 1. The number of aromatic nitrogens is 2. The van der Waals surface area contributed by atoms with Gasteiger partial charge in [-0.15, -0.1) is 0 Å². The van der Waals surface area contributed by atoms with Crippen molar-refractivity contribution in [3.8, 4) is 0 Å². The van der Waals surface area contributed by atoms with E-state index in [-0.39, 0.29) is 11.5 Å². The molecule has 1 saturated carbocycles. The number of carboxylic acid groups (broad SMARTS) is 1. The quantitative estimate of drug-likeness (QED) is 0.847. The number of imidazole rings is 1. The number of primary amides is 1. The van der Waals surface area contributed by atoms with E-state index in [1.54, 1.807) is 12.1 Å². The lowest BCUT2D eigenvalue weighted by Gasteiger charge is -2.07. The van der Waals surface area contributed by atoms with E-state index < -0.39 is 5.97 Å². The van der Waals surface area contributed by atoms with Crippen LogP contribution in [0.25, 0.3) is 11.0 Å². The van der Waals surface area contributed by atoms with E-state index in [1.165, 1.54) is 0 Å². The van der Waals surface area contributed by atoms with Crippen LogP contribution in [0.2, 0.25) is 0 Å². The number of amides is 1. The van der Waals surface area contributed by atoms with Crippen molar-refractivity contribution in [2.75, 3.05) is 0 Å². The average Bonchev–Trinajstić information content (AvgIpc) is 3.21. The van der Waals surface area contributed by atoms with E-state index in [2.05, 4.69) is 4.98 Å². The molecule has 0 radical (unpaired) electrons. The van der Waals surface area contributed by atoms with E-state index in [1.807, 2.05) is 10.6 Å². The largest absolute Gasteiger partial charge is 0.478 e. The molecule has 1 aliphatic carbocycles. The third-order valence-corrected chi connectivity index (χ3v) is 3.79. The Balaban J connectivity index is 2.03. The van der Waals surface area contributed by atoms with Crippen molar-refractivity contribution >= 4 is 22.9 Å². The molecular formula is C15H17N3O3. The number of nitrogens with two attached hydrogens (primary N) is 1. The van der Waals surface area contributed by atoms with Crippen LogP contribution in [0.4, 0.5) is 0 Å². The zero-order chi connectivity index (χ0) is 15.0. The van der Waals surface area contributed by atoms with Crippen molar-refractivity contribution in [1.82, 2.24) is 9.55 Å². The molecule has 1 fully saturated rings. The third-order valence-electron chi connectivity index (χ3n) is 3.79. The Hall–Kier alpha value is -2.37. The Morgan fingerprint density at radius 2 is 2.14 bits per heavy atom. The Labute approximate surface area is 121 Å². The van der Waals surface area contributed by atoms with Crippen molar-refractivity contribution < 1.29 is 14.7 Å². The normalized spacial score (nSPS) is 14.5. The molecule has 6 nitrogen and oxygen atoms in total. The van der Waals surface area contributed by atoms with Crippen LogP contribution in [0.5, 0.6) is 0 Å². The van der Waals surface area contributed by atoms with Gasteiger partial charge in [0.15, 0.2) is 0 Å². The Morgan fingerprint density at radius 3 is 2.76 bits per heavy atom. The Morgan fingerprint density at radius 1 is 1.38 bits per heavy atom. The molecule has 0 unspecified atom stereocenters. The highest BCUT2D eigenvalue weighted by Crippen LogP contribution is 2.41. The van der Waals surface area contributed by atoms with Crippen LogP contribution >= 0.6 is 0 Å². The summed E-state index contributed by atoms with van der Waals surface area (Å²) in [6.45, 7) is 0.633. The number of hydrogen-bond donors (Lipinski definition) is 2. The van der Waals surface area contributed by atoms with Gasteiger partial charge in [-0.1, -0.05) is 6.07 Å². The highest BCUT2D eigenvalue weighted by molar-refractivity contribution is 6.01. The SMILES string of the molecule is NC(=O)CCCn1c(C2CC2)nc2c(C(=O)O)cccc21. The predicted octanol–water partition coefficient (Wildman–Crippen LogP) is 1.88. The molecule has 6 heteroatoms. The number of rotatable bonds is 6. The summed E-state index contributed by atoms with van der Waals surface area (Å²) in [5, 5.41) is 9.28. The monoisotopic (exact) mass is 287 g/mol. The first-order valence-electron chi connectivity index (χ1n) is 7.08. The van der Waals surface area contributed by atoms with Gasteiger partial charge in [-0.2, -0.15) is 0 Å². The van der Waals surface area contributed by atoms with Gasteiger partial charge in [0.25, 0.3) is 0 Å². The Bertz CT molecular complexity index is 716. The topological polar surface area (TPSA) is 98.2 Å². The fraction of sp³-hybridized carbons (Fsp3) is 0.400. The van der Waals surface area contributed by atoms with Crippen molar-refractivity contribution in [3.63, 3.8) is 0 Å². The van der Waals surface area contributed by atoms with Crippen LogP contribution < -0.4 is 5.73 Å². The van der Waals surface area contributed by atoms with Crippen LogP contribution in [-0.2, 0) is 11.3 Å². The van der Waals surface area contributed by atoms with Gasteiger partial charge >= 0.3 is 5.97 Å². The second-order valence-corrected chi connectivity index (χ2v) is 5.44. The molecule has 3 N–H and O–H groups in total. The van der Waals surface area contributed by atoms with Crippen molar-refractivity contribution in [3.05, 3.63) is 29.6 Å². The first kappa shape index (κ1) is 13.6. The van der Waals surface area contributed by atoms with Crippen LogP contribution in [0.15, 0.2) is 18.2 Å². The molecular weight excluding hydrogens is 270 g/mol. The average molecular weight is 287 g/mol. The van der Waals surface area contributed by atoms with E-state index in [0.717, 1.165) is 24.2 Å². The number of hydrogen-bond acceptors (Lipinski definition) is 3. The summed E-state index contributed by atoms with van der Waals surface area (Å²) in [7, 11) is 0. The molecule has 1 amide bonds. The lowest BCUT2D eigenvalue weighted by molar-refractivity contribution is -0.118. The maximum atomic E-state index is 11.3. The van der Waals surface area contributed by atoms with Crippen molar-refractivity contribution in [2.24, 2.45) is 5.73 Å². The number of carboxylic acids is 1. The number of fused-ring (bicyclic) bond motifs is 1. The van der Waals surface area contributed by atoms with Crippen LogP contribution in [0, 0.1) is 0 Å². The Kier molecular flexibility index (Phi) is 3.37. The predicted molar refractivity (Wildman–Crippen MR) is 77.1 cm³/mol. The van der Waals surface area contributed by atoms with Crippen LogP contribution in [0.1, 0.15) is 47.8 Å². The summed E-state index contributed by atoms with van der Waals surface area (Å²) < 4.78 is 2.04. The lowest BCUT2D eigenvalue weighted by atomic mass is 10.2. The summed E-state index contributed by atoms with van der Waals surface area (Å²) >= 11 is 0. The number of nitrogens with zero attached hydrogens (tertiary/aromatic N) is 2. The first-order valence-corrected chi connectivity index (χ1v) is 7.08. The fourth-order valence-corrected chi connectivity index (χ4v) is 2.64. The van der Waals surface area contributed by atoms with E-state index in [0.29, 0.717) is 30.8 Å². The fourth-order valence-electron chi connectivity index (χ4n) is 2.64. The van der Waals surface area contributed by atoms with Gasteiger partial charge in [0, 0.05) is 18.9 Å². The van der Waals surface area contributed by atoms with Crippen molar-refractivity contribution in [2.45, 2.75) is 38.1 Å². The van der Waals surface area contributed by atoms with Gasteiger partial charge in [0.05, 0.1) is 11.1 Å². The van der Waals surface area contributed by atoms with Crippen molar-refractivity contribution in [1.29, 1.82) is 0 Å². The molecule has 0 spiro atoms. The van der Waals surface area contributed by atoms with Crippen LogP contribution in [-0.4, -0.2) is 26.5 Å². The molecule has 1 aromatic heterocycles. The van der Waals surface area contributed by atoms with Gasteiger partial charge in [-0.05, 0) is 31.4 Å². The molecule has 1 aliphatic rings. The summed E-state index contributed by atoms with van der Waals surface area (Å²) in [5.41, 5.74) is 6.76. The number of carbonyl (C=O) groups excluding carboxylic acids is 1. The number of para-hydroxylation sites is 1. The minimum absolute atomic E-state index is 0.225. The van der Waals surface area contributed by atoms with Gasteiger partial charge in [-0.3, -0.25) is 4.79 Å². The molecule has 3 rings (SSSR count). The number of benzene rings is 1. The lowest BCUT2D eigenvalue weighted by Crippen LogP contribution is -2.12. The number of carbonyl (C=O) groups is 2. The molecule has 0 bridgehead atoms. The molecule has 0 saturated heterocycles. The highest BCUT2D eigenvalue weighted by atomic mass is 16.4. The minimum atomic E-state index is -0.968. The molecule has 2 aromatic rings. The number of aromatic carboxylic acids is 1. The smallest absolute Gasteiger partial charge is 0.337 e. The van der Waals surface area contributed by atoms with Gasteiger partial charge in [0.2, 0.25) is 5.91 Å². The van der Waals surface area contributed by atoms with Gasteiger partial charge in [0.1, 0.15) is 11.3 Å². The molecule has 21 heavy (non-hydrogen) atoms. The third kappa shape index (κ3) is 2.61. The molecule has 0 aliphatic heterocycles. The maximum absolute atomic E-state index is 11.3. The second-order valence-electron chi connectivity index (χ2n) is 5.44. The zero-order valence-electron chi connectivity index (χ0n) is 11.6. The van der Waals surface area contributed by atoms with Gasteiger partial charge in [-0.25, -0.2) is 9.78 Å². The van der Waals surface area contributed by atoms with E-state index in [9.17, 15) is 14.7 Å². The summed E-state index contributed by atoms with van der Waals surface area (Å²) in [6, 6.07) is 5.18. The van der Waals surface area contributed by atoms with E-state index in [4.69, 9.17) is 5.73 Å². The molecule has 110 valence electrons.